The van der Waals surface area contributed by atoms with Gasteiger partial charge in [-0.15, -0.1) is 0 Å². The van der Waals surface area contributed by atoms with Gasteiger partial charge in [0.15, 0.2) is 10.2 Å². The molecule has 0 aliphatic carbocycles. The molecule has 1 N–H and O–H groups in total. The van der Waals surface area contributed by atoms with Gasteiger partial charge in [-0.05, 0) is 21.7 Å². The van der Waals surface area contributed by atoms with E-state index in [-0.39, 0.29) is 5.82 Å². The van der Waals surface area contributed by atoms with Crippen LogP contribution in [-0.2, 0) is 7.05 Å². The predicted octanol–water partition coefficient (Wildman–Crippen LogP) is 4.54. The standard InChI is InChI=1S/C19H15N5O2S/c1-23-12-20-17(24(25)26)18(23)27-19-21-15(13-8-4-2-5-9-13)16(22-19)14-10-6-3-7-11-14/h2-12H,1H3,(H,21,22). The van der Waals surface area contributed by atoms with Crippen molar-refractivity contribution in [1.82, 2.24) is 19.5 Å². The average Bonchev–Trinajstić information content (AvgIpc) is 3.28. The average molecular weight is 377 g/mol. The molecule has 0 saturated heterocycles. The van der Waals surface area contributed by atoms with E-state index in [0.29, 0.717) is 10.2 Å². The summed E-state index contributed by atoms with van der Waals surface area (Å²) in [5.41, 5.74) is 3.64. The van der Waals surface area contributed by atoms with Crippen LogP contribution in [0, 0.1) is 10.1 Å². The largest absolute Gasteiger partial charge is 0.396 e. The lowest BCUT2D eigenvalue weighted by molar-refractivity contribution is -0.392. The Kier molecular flexibility index (Phi) is 4.47. The summed E-state index contributed by atoms with van der Waals surface area (Å²) in [6, 6.07) is 19.7. The van der Waals surface area contributed by atoms with Gasteiger partial charge < -0.3 is 19.7 Å². The third-order valence-electron chi connectivity index (χ3n) is 4.02. The van der Waals surface area contributed by atoms with E-state index in [1.807, 2.05) is 60.7 Å². The molecule has 2 aromatic carbocycles. The van der Waals surface area contributed by atoms with Gasteiger partial charge in [0.2, 0.25) is 6.33 Å². The first-order valence-corrected chi connectivity index (χ1v) is 8.99. The van der Waals surface area contributed by atoms with Crippen molar-refractivity contribution in [2.45, 2.75) is 10.2 Å². The summed E-state index contributed by atoms with van der Waals surface area (Å²) in [6.07, 6.45) is 1.43. The maximum absolute atomic E-state index is 11.2. The highest BCUT2D eigenvalue weighted by Gasteiger charge is 2.23. The predicted molar refractivity (Wildman–Crippen MR) is 103 cm³/mol. The zero-order valence-electron chi connectivity index (χ0n) is 14.4. The molecule has 0 aliphatic heterocycles. The highest BCUT2D eigenvalue weighted by molar-refractivity contribution is 7.99. The number of nitro groups is 1. The minimum atomic E-state index is -0.485. The van der Waals surface area contributed by atoms with Crippen LogP contribution in [0.5, 0.6) is 0 Å². The number of nitrogens with one attached hydrogen (secondary N) is 1. The molecule has 4 rings (SSSR count). The third kappa shape index (κ3) is 3.34. The van der Waals surface area contributed by atoms with E-state index in [2.05, 4.69) is 9.97 Å². The normalized spacial score (nSPS) is 10.9. The third-order valence-corrected chi connectivity index (χ3v) is 5.07. The maximum atomic E-state index is 11.2. The van der Waals surface area contributed by atoms with E-state index >= 15 is 0 Å². The summed E-state index contributed by atoms with van der Waals surface area (Å²) in [5.74, 6) is -0.179. The quantitative estimate of drug-likeness (QED) is 0.407. The number of aryl methyl sites for hydroxylation is 1. The molecular formula is C19H15N5O2S. The summed E-state index contributed by atoms with van der Waals surface area (Å²) in [6.45, 7) is 0. The molecular weight excluding hydrogens is 362 g/mol. The number of aromatic amines is 1. The summed E-state index contributed by atoms with van der Waals surface area (Å²) in [7, 11) is 1.72. The van der Waals surface area contributed by atoms with Crippen LogP contribution in [-0.4, -0.2) is 24.4 Å². The monoisotopic (exact) mass is 377 g/mol. The second-order valence-corrected chi connectivity index (χ2v) is 6.82. The summed E-state index contributed by atoms with van der Waals surface area (Å²) >= 11 is 1.19. The first-order chi connectivity index (χ1) is 13.1. The molecule has 0 radical (unpaired) electrons. The lowest BCUT2D eigenvalue weighted by atomic mass is 10.1. The van der Waals surface area contributed by atoms with E-state index in [4.69, 9.17) is 4.98 Å². The van der Waals surface area contributed by atoms with Crippen LogP contribution < -0.4 is 0 Å². The summed E-state index contributed by atoms with van der Waals surface area (Å²) in [5, 5.41) is 12.2. The fourth-order valence-corrected chi connectivity index (χ4v) is 3.64. The molecule has 0 bridgehead atoms. The Morgan fingerprint density at radius 2 is 1.67 bits per heavy atom. The Labute approximate surface area is 159 Å². The molecule has 4 aromatic rings. The van der Waals surface area contributed by atoms with Gasteiger partial charge in [0.05, 0.1) is 11.4 Å². The van der Waals surface area contributed by atoms with Crippen molar-refractivity contribution < 1.29 is 4.92 Å². The Morgan fingerprint density at radius 1 is 1.04 bits per heavy atom. The van der Waals surface area contributed by atoms with Crippen LogP contribution in [0.15, 0.2) is 77.2 Å². The molecule has 0 amide bonds. The van der Waals surface area contributed by atoms with Crippen molar-refractivity contribution in [2.75, 3.05) is 0 Å². The maximum Gasteiger partial charge on any atom is 0.396 e. The number of hydrogen-bond acceptors (Lipinski definition) is 5. The molecule has 8 heteroatoms. The van der Waals surface area contributed by atoms with Crippen molar-refractivity contribution in [3.63, 3.8) is 0 Å². The number of hydrogen-bond donors (Lipinski definition) is 1. The molecule has 27 heavy (non-hydrogen) atoms. The molecule has 0 spiro atoms. The van der Waals surface area contributed by atoms with Crippen LogP contribution in [0.1, 0.15) is 0 Å². The molecule has 7 nitrogen and oxygen atoms in total. The smallest absolute Gasteiger partial charge is 0.358 e. The highest BCUT2D eigenvalue weighted by atomic mass is 32.2. The number of aromatic nitrogens is 4. The second-order valence-electron chi connectivity index (χ2n) is 5.84. The molecule has 2 aromatic heterocycles. The Balaban J connectivity index is 1.81. The van der Waals surface area contributed by atoms with E-state index in [9.17, 15) is 10.1 Å². The lowest BCUT2D eigenvalue weighted by Crippen LogP contribution is -1.93. The van der Waals surface area contributed by atoms with Crippen LogP contribution in [0.4, 0.5) is 5.82 Å². The SMILES string of the molecule is Cn1cnc([N+](=O)[O-])c1Sc1nc(-c2ccccc2)c(-c2ccccc2)[nH]1. The van der Waals surface area contributed by atoms with Gasteiger partial charge in [0.25, 0.3) is 0 Å². The van der Waals surface area contributed by atoms with Gasteiger partial charge in [-0.3, -0.25) is 0 Å². The van der Waals surface area contributed by atoms with Crippen molar-refractivity contribution in [1.29, 1.82) is 0 Å². The summed E-state index contributed by atoms with van der Waals surface area (Å²) in [4.78, 5) is 22.6. The number of benzene rings is 2. The first kappa shape index (κ1) is 17.0. The molecule has 0 saturated carbocycles. The highest BCUT2D eigenvalue weighted by Crippen LogP contribution is 2.37. The van der Waals surface area contributed by atoms with E-state index in [1.165, 1.54) is 18.1 Å². The zero-order chi connectivity index (χ0) is 18.8. The molecule has 2 heterocycles. The van der Waals surface area contributed by atoms with Gasteiger partial charge in [-0.2, -0.15) is 0 Å². The lowest BCUT2D eigenvalue weighted by Gasteiger charge is -2.02. The number of rotatable bonds is 5. The second kappa shape index (κ2) is 7.08. The summed E-state index contributed by atoms with van der Waals surface area (Å²) < 4.78 is 1.62. The van der Waals surface area contributed by atoms with Gasteiger partial charge in [0, 0.05) is 18.2 Å². The van der Waals surface area contributed by atoms with Crippen LogP contribution in [0.3, 0.4) is 0 Å². The van der Waals surface area contributed by atoms with Gasteiger partial charge in [-0.1, -0.05) is 60.7 Å². The topological polar surface area (TPSA) is 89.6 Å². The number of H-pyrrole nitrogens is 1. The molecule has 134 valence electrons. The van der Waals surface area contributed by atoms with E-state index in [1.54, 1.807) is 11.6 Å². The minimum absolute atomic E-state index is 0.179. The molecule has 0 atom stereocenters. The number of nitrogens with zero attached hydrogens (tertiary/aromatic N) is 4. The zero-order valence-corrected chi connectivity index (χ0v) is 15.2. The fourth-order valence-electron chi connectivity index (χ4n) is 2.76. The van der Waals surface area contributed by atoms with Gasteiger partial charge in [0.1, 0.15) is 0 Å². The molecule has 0 aliphatic rings. The number of imidazole rings is 2. The van der Waals surface area contributed by atoms with E-state index < -0.39 is 4.92 Å². The van der Waals surface area contributed by atoms with Crippen molar-refractivity contribution in [3.8, 4) is 22.5 Å². The minimum Gasteiger partial charge on any atom is -0.358 e. The van der Waals surface area contributed by atoms with Crippen molar-refractivity contribution in [2.24, 2.45) is 7.05 Å². The van der Waals surface area contributed by atoms with Crippen LogP contribution in [0.2, 0.25) is 0 Å². The Bertz CT molecular complexity index is 1030. The van der Waals surface area contributed by atoms with E-state index in [0.717, 1.165) is 22.5 Å². The van der Waals surface area contributed by atoms with Crippen molar-refractivity contribution >= 4 is 17.6 Å². The first-order valence-electron chi connectivity index (χ1n) is 8.18. The molecule has 0 unspecified atom stereocenters. The molecule has 0 fully saturated rings. The van der Waals surface area contributed by atoms with Gasteiger partial charge in [-0.25, -0.2) is 4.98 Å². The van der Waals surface area contributed by atoms with Gasteiger partial charge >= 0.3 is 5.82 Å². The Hall–Kier alpha value is -3.39. The Morgan fingerprint density at radius 3 is 2.30 bits per heavy atom. The van der Waals surface area contributed by atoms with Crippen molar-refractivity contribution in [3.05, 3.63) is 77.1 Å². The van der Waals surface area contributed by atoms with Crippen LogP contribution >= 0.6 is 11.8 Å². The van der Waals surface area contributed by atoms with Crippen LogP contribution in [0.25, 0.3) is 22.5 Å². The fraction of sp³-hybridized carbons (Fsp3) is 0.0526.